The molecule has 0 aromatic rings. The smallest absolute Gasteiger partial charge is 0.0613 e. The lowest BCUT2D eigenvalue weighted by molar-refractivity contribution is 0.108. The lowest BCUT2D eigenvalue weighted by Gasteiger charge is -2.38. The Balaban J connectivity index is 1.87. The van der Waals surface area contributed by atoms with Crippen molar-refractivity contribution in [3.05, 3.63) is 0 Å². The second-order valence-electron chi connectivity index (χ2n) is 7.34. The molecule has 0 heterocycles. The molecule has 2 aliphatic carbocycles. The van der Waals surface area contributed by atoms with E-state index in [1.54, 1.807) is 0 Å². The van der Waals surface area contributed by atoms with Gasteiger partial charge in [0.15, 0.2) is 0 Å². The molecule has 0 saturated heterocycles. The summed E-state index contributed by atoms with van der Waals surface area (Å²) in [5, 5.41) is 13.4. The maximum atomic E-state index is 9.81. The number of hydrogen-bond donors (Lipinski definition) is 2. The fourth-order valence-electron chi connectivity index (χ4n) is 4.14. The molecule has 20 heavy (non-hydrogen) atoms. The third kappa shape index (κ3) is 3.75. The van der Waals surface area contributed by atoms with Gasteiger partial charge in [-0.25, -0.2) is 0 Å². The van der Waals surface area contributed by atoms with E-state index in [9.17, 15) is 5.11 Å². The molecule has 0 radical (unpaired) electrons. The monoisotopic (exact) mass is 282 g/mol. The first-order valence-electron chi connectivity index (χ1n) is 8.68. The maximum absolute atomic E-state index is 9.81. The maximum Gasteiger partial charge on any atom is 0.0613 e. The number of rotatable bonds is 6. The highest BCUT2D eigenvalue weighted by molar-refractivity contribution is 5.00. The average Bonchev–Trinajstić information content (AvgIpc) is 2.90. The lowest BCUT2D eigenvalue weighted by Crippen LogP contribution is -2.49. The van der Waals surface area contributed by atoms with Crippen LogP contribution in [-0.4, -0.2) is 47.8 Å². The van der Waals surface area contributed by atoms with Gasteiger partial charge in [-0.05, 0) is 70.9 Å². The summed E-state index contributed by atoms with van der Waals surface area (Å²) in [5.41, 5.74) is -0.00308. The zero-order valence-electron chi connectivity index (χ0n) is 13.7. The Kier molecular flexibility index (Phi) is 5.88. The van der Waals surface area contributed by atoms with E-state index < -0.39 is 0 Å². The van der Waals surface area contributed by atoms with Crippen LogP contribution in [0.15, 0.2) is 0 Å². The van der Waals surface area contributed by atoms with Crippen LogP contribution in [0.1, 0.15) is 65.2 Å². The summed E-state index contributed by atoms with van der Waals surface area (Å²) in [5.74, 6) is 0.922. The molecule has 2 N–H and O–H groups in total. The predicted octanol–water partition coefficient (Wildman–Crippen LogP) is 2.78. The van der Waals surface area contributed by atoms with Crippen LogP contribution in [0.3, 0.4) is 0 Å². The zero-order chi connectivity index (χ0) is 14.6. The highest BCUT2D eigenvalue weighted by Gasteiger charge is 2.41. The Morgan fingerprint density at radius 1 is 1.15 bits per heavy atom. The van der Waals surface area contributed by atoms with Crippen molar-refractivity contribution < 1.29 is 5.11 Å². The minimum atomic E-state index is -0.00308. The van der Waals surface area contributed by atoms with Gasteiger partial charge in [0.25, 0.3) is 0 Å². The van der Waals surface area contributed by atoms with Crippen LogP contribution in [0.5, 0.6) is 0 Å². The zero-order valence-corrected chi connectivity index (χ0v) is 13.7. The Hall–Kier alpha value is -0.120. The first-order chi connectivity index (χ1) is 9.60. The fraction of sp³-hybridized carbons (Fsp3) is 1.00. The highest BCUT2D eigenvalue weighted by atomic mass is 16.3. The van der Waals surface area contributed by atoms with E-state index >= 15 is 0 Å². The van der Waals surface area contributed by atoms with Crippen LogP contribution in [-0.2, 0) is 0 Å². The van der Waals surface area contributed by atoms with Crippen molar-refractivity contribution in [1.82, 2.24) is 10.2 Å². The molecule has 118 valence electrons. The van der Waals surface area contributed by atoms with Crippen molar-refractivity contribution >= 4 is 0 Å². The Labute approximate surface area is 125 Å². The van der Waals surface area contributed by atoms with Gasteiger partial charge in [0.2, 0.25) is 0 Å². The molecule has 3 nitrogen and oxygen atoms in total. The van der Waals surface area contributed by atoms with Crippen LogP contribution >= 0.6 is 0 Å². The van der Waals surface area contributed by atoms with Gasteiger partial charge in [0.1, 0.15) is 0 Å². The Morgan fingerprint density at radius 3 is 2.45 bits per heavy atom. The van der Waals surface area contributed by atoms with E-state index in [0.717, 1.165) is 37.8 Å². The average molecular weight is 282 g/mol. The van der Waals surface area contributed by atoms with E-state index in [4.69, 9.17) is 0 Å². The quantitative estimate of drug-likeness (QED) is 0.786. The molecule has 3 heteroatoms. The number of hydrogen-bond acceptors (Lipinski definition) is 3. The number of nitrogens with one attached hydrogen (secondary N) is 1. The Bertz CT molecular complexity index is 289. The van der Waals surface area contributed by atoms with E-state index in [1.807, 2.05) is 0 Å². The van der Waals surface area contributed by atoms with Gasteiger partial charge in [-0.3, -0.25) is 0 Å². The normalized spacial score (nSPS) is 38.5. The minimum Gasteiger partial charge on any atom is -0.394 e. The molecule has 2 atom stereocenters. The van der Waals surface area contributed by atoms with E-state index in [0.29, 0.717) is 12.6 Å². The molecule has 0 bridgehead atoms. The van der Waals surface area contributed by atoms with Crippen LogP contribution in [0, 0.1) is 5.92 Å². The standard InChI is InChI=1S/C17H34N2O/c1-4-11-18-17(13-20)10-9-16(12-17)19(3)15-7-5-14(2)6-8-15/h14-16,18,20H,4-13H2,1-3H3. The molecule has 2 unspecified atom stereocenters. The molecule has 0 amide bonds. The van der Waals surface area contributed by atoms with Gasteiger partial charge in [-0.2, -0.15) is 0 Å². The molecular weight excluding hydrogens is 248 g/mol. The number of nitrogens with zero attached hydrogens (tertiary/aromatic N) is 1. The summed E-state index contributed by atoms with van der Waals surface area (Å²) in [7, 11) is 2.32. The largest absolute Gasteiger partial charge is 0.394 e. The first kappa shape index (κ1) is 16.3. The van der Waals surface area contributed by atoms with Gasteiger partial charge >= 0.3 is 0 Å². The van der Waals surface area contributed by atoms with Gasteiger partial charge in [-0.15, -0.1) is 0 Å². The summed E-state index contributed by atoms with van der Waals surface area (Å²) < 4.78 is 0. The van der Waals surface area contributed by atoms with Gasteiger partial charge in [-0.1, -0.05) is 13.8 Å². The summed E-state index contributed by atoms with van der Waals surface area (Å²) in [6.45, 7) is 5.90. The minimum absolute atomic E-state index is 0.00308. The van der Waals surface area contributed by atoms with Gasteiger partial charge in [0, 0.05) is 17.6 Å². The molecule has 2 saturated carbocycles. The molecule has 2 rings (SSSR count). The predicted molar refractivity (Wildman–Crippen MR) is 84.9 cm³/mol. The molecule has 0 aromatic heterocycles. The van der Waals surface area contributed by atoms with Crippen LogP contribution < -0.4 is 5.32 Å². The second-order valence-corrected chi connectivity index (χ2v) is 7.34. The van der Waals surface area contributed by atoms with Crippen molar-refractivity contribution in [2.24, 2.45) is 5.92 Å². The van der Waals surface area contributed by atoms with E-state index in [-0.39, 0.29) is 5.54 Å². The number of aliphatic hydroxyl groups excluding tert-OH is 1. The molecular formula is C17H34N2O. The van der Waals surface area contributed by atoms with Gasteiger partial charge < -0.3 is 15.3 Å². The summed E-state index contributed by atoms with van der Waals surface area (Å²) in [6, 6.07) is 1.43. The van der Waals surface area contributed by atoms with Crippen molar-refractivity contribution in [2.45, 2.75) is 82.8 Å². The molecule has 2 aliphatic rings. The van der Waals surface area contributed by atoms with E-state index in [1.165, 1.54) is 32.1 Å². The highest BCUT2D eigenvalue weighted by Crippen LogP contribution is 2.36. The molecule has 0 spiro atoms. The topological polar surface area (TPSA) is 35.5 Å². The van der Waals surface area contributed by atoms with Crippen molar-refractivity contribution in [1.29, 1.82) is 0 Å². The van der Waals surface area contributed by atoms with Crippen molar-refractivity contribution in [3.8, 4) is 0 Å². The number of aliphatic hydroxyl groups is 1. The van der Waals surface area contributed by atoms with Crippen LogP contribution in [0.4, 0.5) is 0 Å². The SMILES string of the molecule is CCCNC1(CO)CCC(N(C)C2CCC(C)CC2)C1. The summed E-state index contributed by atoms with van der Waals surface area (Å²) >= 11 is 0. The third-order valence-corrected chi connectivity index (χ3v) is 5.77. The van der Waals surface area contributed by atoms with Crippen molar-refractivity contribution in [2.75, 3.05) is 20.2 Å². The van der Waals surface area contributed by atoms with E-state index in [2.05, 4.69) is 31.1 Å². The second kappa shape index (κ2) is 7.24. The van der Waals surface area contributed by atoms with Crippen LogP contribution in [0.25, 0.3) is 0 Å². The fourth-order valence-corrected chi connectivity index (χ4v) is 4.14. The summed E-state index contributed by atoms with van der Waals surface area (Å²) in [4.78, 5) is 2.64. The molecule has 0 aliphatic heterocycles. The lowest BCUT2D eigenvalue weighted by atomic mass is 9.86. The third-order valence-electron chi connectivity index (χ3n) is 5.77. The molecule has 2 fully saturated rings. The Morgan fingerprint density at radius 2 is 1.85 bits per heavy atom. The van der Waals surface area contributed by atoms with Gasteiger partial charge in [0.05, 0.1) is 6.61 Å². The first-order valence-corrected chi connectivity index (χ1v) is 8.68. The van der Waals surface area contributed by atoms with Crippen LogP contribution in [0.2, 0.25) is 0 Å². The summed E-state index contributed by atoms with van der Waals surface area (Å²) in [6.07, 6.45) is 10.1. The van der Waals surface area contributed by atoms with Crippen molar-refractivity contribution in [3.63, 3.8) is 0 Å². The molecule has 0 aromatic carbocycles.